The molecule has 3 heterocycles. The van der Waals surface area contributed by atoms with E-state index in [0.717, 1.165) is 27.8 Å². The van der Waals surface area contributed by atoms with Crippen LogP contribution >= 0.6 is 0 Å². The van der Waals surface area contributed by atoms with Crippen molar-refractivity contribution in [1.29, 1.82) is 0 Å². The molecule has 0 unspecified atom stereocenters. The van der Waals surface area contributed by atoms with Gasteiger partial charge in [0.2, 0.25) is 0 Å². The summed E-state index contributed by atoms with van der Waals surface area (Å²) in [5, 5.41) is 15.2. The van der Waals surface area contributed by atoms with Gasteiger partial charge in [-0.05, 0) is 29.3 Å². The maximum Gasteiger partial charge on any atom is 0.264 e. The van der Waals surface area contributed by atoms with Crippen LogP contribution in [-0.4, -0.2) is 52.1 Å². The number of amides is 3. The Morgan fingerprint density at radius 3 is 2.38 bits per heavy atom. The minimum Gasteiger partial charge on any atom is -0.271 e. The van der Waals surface area contributed by atoms with Crippen molar-refractivity contribution in [2.24, 2.45) is 15.4 Å². The van der Waals surface area contributed by atoms with Gasteiger partial charge in [-0.2, -0.15) is 10.2 Å². The van der Waals surface area contributed by atoms with E-state index in [1.165, 1.54) is 28.2 Å². The Bertz CT molecular complexity index is 1440. The van der Waals surface area contributed by atoms with Gasteiger partial charge in [-0.3, -0.25) is 19.4 Å². The molecule has 6 rings (SSSR count). The lowest BCUT2D eigenvalue weighted by Crippen LogP contribution is -2.44. The lowest BCUT2D eigenvalue weighted by molar-refractivity contribution is -0.135. The standard InChI is InChI=1S/C27H21FN6O3/c28-19-12-7-13-20(14-19)33-26(36)24-25(27(33)37)32(31-29-24)16-23(35)34-22(18-10-5-2-6-11-18)15-21(30-34)17-8-3-1-4-9-17/h1-14,22,24-25H,15-16H2/t22-,24+,25+/m0/s1. The van der Waals surface area contributed by atoms with Crippen LogP contribution in [0.2, 0.25) is 0 Å². The summed E-state index contributed by atoms with van der Waals surface area (Å²) < 4.78 is 13.8. The first-order valence-corrected chi connectivity index (χ1v) is 11.8. The normalized spacial score (nSPS) is 22.6. The van der Waals surface area contributed by atoms with Gasteiger partial charge in [0, 0.05) is 6.42 Å². The molecule has 3 amide bonds. The second-order valence-electron chi connectivity index (χ2n) is 8.97. The van der Waals surface area contributed by atoms with Crippen molar-refractivity contribution in [3.05, 3.63) is 102 Å². The molecule has 0 saturated carbocycles. The Kier molecular flexibility index (Phi) is 5.56. The van der Waals surface area contributed by atoms with Crippen LogP contribution in [0.5, 0.6) is 0 Å². The maximum absolute atomic E-state index is 13.8. The zero-order valence-corrected chi connectivity index (χ0v) is 19.5. The highest BCUT2D eigenvalue weighted by atomic mass is 19.1. The molecule has 10 heteroatoms. The largest absolute Gasteiger partial charge is 0.271 e. The summed E-state index contributed by atoms with van der Waals surface area (Å²) in [6.07, 6.45) is 0.526. The molecule has 0 radical (unpaired) electrons. The first-order chi connectivity index (χ1) is 18.0. The molecule has 184 valence electrons. The molecule has 3 aromatic carbocycles. The molecule has 9 nitrogen and oxygen atoms in total. The lowest BCUT2D eigenvalue weighted by atomic mass is 9.98. The second kappa shape index (κ2) is 9.05. The van der Waals surface area contributed by atoms with E-state index >= 15 is 0 Å². The van der Waals surface area contributed by atoms with E-state index in [9.17, 15) is 18.8 Å². The maximum atomic E-state index is 13.8. The van der Waals surface area contributed by atoms with Crippen LogP contribution in [-0.2, 0) is 14.4 Å². The molecule has 0 N–H and O–H groups in total. The van der Waals surface area contributed by atoms with Gasteiger partial charge in [-0.15, -0.1) is 0 Å². The van der Waals surface area contributed by atoms with Crippen molar-refractivity contribution in [3.63, 3.8) is 0 Å². The summed E-state index contributed by atoms with van der Waals surface area (Å²) in [7, 11) is 0. The Morgan fingerprint density at radius 1 is 0.919 bits per heavy atom. The number of fused-ring (bicyclic) bond motifs is 1. The van der Waals surface area contributed by atoms with E-state index in [1.807, 2.05) is 60.7 Å². The molecule has 37 heavy (non-hydrogen) atoms. The number of halogens is 1. The molecule has 3 aliphatic heterocycles. The fourth-order valence-corrected chi connectivity index (χ4v) is 4.91. The average molecular weight is 497 g/mol. The molecule has 0 aliphatic carbocycles. The van der Waals surface area contributed by atoms with Crippen LogP contribution < -0.4 is 4.90 Å². The number of rotatable bonds is 5. The summed E-state index contributed by atoms with van der Waals surface area (Å²) in [5.74, 6) is -2.17. The molecule has 0 spiro atoms. The molecular weight excluding hydrogens is 475 g/mol. The SMILES string of the molecule is O=C1[C@@H]2N=NN(CC(=O)N3N=C(c4ccccc4)C[C@H]3c3ccccc3)[C@H]2C(=O)N1c1cccc(F)c1. The molecule has 1 fully saturated rings. The summed E-state index contributed by atoms with van der Waals surface area (Å²) in [6, 6.07) is 22.0. The van der Waals surface area contributed by atoms with Crippen LogP contribution in [0.15, 0.2) is 100 Å². The fourth-order valence-electron chi connectivity index (χ4n) is 4.91. The molecule has 3 aromatic rings. The van der Waals surface area contributed by atoms with Crippen LogP contribution in [0.4, 0.5) is 10.1 Å². The van der Waals surface area contributed by atoms with Crippen LogP contribution in [0.1, 0.15) is 23.6 Å². The van der Waals surface area contributed by atoms with Gasteiger partial charge in [0.1, 0.15) is 12.4 Å². The monoisotopic (exact) mass is 496 g/mol. The van der Waals surface area contributed by atoms with Crippen LogP contribution in [0, 0.1) is 5.82 Å². The lowest BCUT2D eigenvalue weighted by Gasteiger charge is -2.25. The highest BCUT2D eigenvalue weighted by molar-refractivity contribution is 6.25. The van der Waals surface area contributed by atoms with Gasteiger partial charge in [-0.25, -0.2) is 14.3 Å². The Labute approximate surface area is 211 Å². The summed E-state index contributed by atoms with van der Waals surface area (Å²) in [4.78, 5) is 40.6. The van der Waals surface area contributed by atoms with Gasteiger partial charge < -0.3 is 0 Å². The Hall–Kier alpha value is -4.73. The number of imide groups is 1. The van der Waals surface area contributed by atoms with Crippen molar-refractivity contribution in [3.8, 4) is 0 Å². The fraction of sp³-hybridized carbons (Fsp3) is 0.185. The van der Waals surface area contributed by atoms with Crippen molar-refractivity contribution in [1.82, 2.24) is 10.0 Å². The number of nitrogens with zero attached hydrogens (tertiary/aromatic N) is 6. The van der Waals surface area contributed by atoms with Gasteiger partial charge >= 0.3 is 0 Å². The summed E-state index contributed by atoms with van der Waals surface area (Å²) in [5.41, 5.74) is 2.73. The van der Waals surface area contributed by atoms with Crippen molar-refractivity contribution < 1.29 is 18.8 Å². The number of anilines is 1. The number of hydrazone groups is 1. The Balaban J connectivity index is 1.26. The van der Waals surface area contributed by atoms with E-state index in [-0.39, 0.29) is 24.2 Å². The second-order valence-corrected chi connectivity index (χ2v) is 8.97. The van der Waals surface area contributed by atoms with Crippen molar-refractivity contribution in [2.45, 2.75) is 24.5 Å². The topological polar surface area (TPSA) is 98.0 Å². The zero-order chi connectivity index (χ0) is 25.5. The predicted molar refractivity (Wildman–Crippen MR) is 132 cm³/mol. The molecular formula is C27H21FN6O3. The molecule has 0 bridgehead atoms. The highest BCUT2D eigenvalue weighted by Crippen LogP contribution is 2.35. The summed E-state index contributed by atoms with van der Waals surface area (Å²) in [6.45, 7) is -0.296. The van der Waals surface area contributed by atoms with E-state index < -0.39 is 29.7 Å². The minimum atomic E-state index is -1.09. The number of carbonyl (C=O) groups excluding carboxylic acids is 3. The third-order valence-electron chi connectivity index (χ3n) is 6.68. The van der Waals surface area contributed by atoms with Crippen LogP contribution in [0.25, 0.3) is 0 Å². The van der Waals surface area contributed by atoms with Crippen molar-refractivity contribution >= 4 is 29.1 Å². The molecule has 3 atom stereocenters. The average Bonchev–Trinajstić information content (AvgIpc) is 3.61. The van der Waals surface area contributed by atoms with Gasteiger partial charge in [0.15, 0.2) is 12.1 Å². The number of hydrogen-bond donors (Lipinski definition) is 0. The molecule has 1 saturated heterocycles. The molecule has 3 aliphatic rings. The number of hydrogen-bond acceptors (Lipinski definition) is 7. The Morgan fingerprint density at radius 2 is 1.65 bits per heavy atom. The first kappa shape index (κ1) is 22.7. The number of benzene rings is 3. The molecule has 0 aromatic heterocycles. The van der Waals surface area contributed by atoms with E-state index in [1.54, 1.807) is 0 Å². The quantitative estimate of drug-likeness (QED) is 0.505. The first-order valence-electron chi connectivity index (χ1n) is 11.8. The predicted octanol–water partition coefficient (Wildman–Crippen LogP) is 3.50. The zero-order valence-electron chi connectivity index (χ0n) is 19.5. The third kappa shape index (κ3) is 3.96. The van der Waals surface area contributed by atoms with Gasteiger partial charge in [0.05, 0.1) is 17.4 Å². The third-order valence-corrected chi connectivity index (χ3v) is 6.68. The van der Waals surface area contributed by atoms with E-state index in [2.05, 4.69) is 15.4 Å². The van der Waals surface area contributed by atoms with Gasteiger partial charge in [0.25, 0.3) is 17.7 Å². The number of carbonyl (C=O) groups is 3. The minimum absolute atomic E-state index is 0.117. The van der Waals surface area contributed by atoms with Crippen molar-refractivity contribution in [2.75, 3.05) is 11.4 Å². The van der Waals surface area contributed by atoms with E-state index in [4.69, 9.17) is 0 Å². The van der Waals surface area contributed by atoms with Crippen LogP contribution in [0.3, 0.4) is 0 Å². The van der Waals surface area contributed by atoms with Gasteiger partial charge in [-0.1, -0.05) is 72.0 Å². The summed E-state index contributed by atoms with van der Waals surface area (Å²) >= 11 is 0. The highest BCUT2D eigenvalue weighted by Gasteiger charge is 2.55. The van der Waals surface area contributed by atoms with E-state index in [0.29, 0.717) is 6.42 Å². The smallest absolute Gasteiger partial charge is 0.264 e.